The van der Waals surface area contributed by atoms with Gasteiger partial charge in [-0.05, 0) is 12.1 Å². The number of carboxylic acid groups (broad SMARTS) is 1. The summed E-state index contributed by atoms with van der Waals surface area (Å²) in [6.45, 7) is 0.473. The molecule has 20 heavy (non-hydrogen) atoms. The number of morpholine rings is 1. The number of amides is 2. The molecule has 0 saturated carbocycles. The van der Waals surface area contributed by atoms with Gasteiger partial charge < -0.3 is 20.1 Å². The zero-order valence-corrected chi connectivity index (χ0v) is 11.8. The van der Waals surface area contributed by atoms with Gasteiger partial charge in [-0.25, -0.2) is 9.59 Å². The summed E-state index contributed by atoms with van der Waals surface area (Å²) in [5, 5.41) is 12.1. The monoisotopic (exact) mass is 318 g/mol. The first kappa shape index (κ1) is 14.9. The molecule has 8 heteroatoms. The van der Waals surface area contributed by atoms with Crippen molar-refractivity contribution < 1.29 is 19.4 Å². The number of carbonyl (C=O) groups excluding carboxylic acids is 1. The molecule has 0 radical (unpaired) electrons. The van der Waals surface area contributed by atoms with E-state index < -0.39 is 18.1 Å². The summed E-state index contributed by atoms with van der Waals surface area (Å²) < 4.78 is 5.04. The van der Waals surface area contributed by atoms with Gasteiger partial charge in [-0.1, -0.05) is 29.3 Å². The zero-order chi connectivity index (χ0) is 14.7. The van der Waals surface area contributed by atoms with E-state index in [-0.39, 0.29) is 18.2 Å². The van der Waals surface area contributed by atoms with Gasteiger partial charge in [0.15, 0.2) is 6.10 Å². The molecule has 1 atom stereocenters. The maximum Gasteiger partial charge on any atom is 0.334 e. The number of carboxylic acids is 1. The molecule has 0 aromatic heterocycles. The van der Waals surface area contributed by atoms with Crippen LogP contribution in [-0.2, 0) is 9.53 Å². The predicted molar refractivity (Wildman–Crippen MR) is 74.4 cm³/mol. The average molecular weight is 319 g/mol. The number of ether oxygens (including phenoxy) is 1. The van der Waals surface area contributed by atoms with Gasteiger partial charge in [-0.3, -0.25) is 0 Å². The number of rotatable bonds is 2. The summed E-state index contributed by atoms with van der Waals surface area (Å²) in [5.41, 5.74) is 0.377. The van der Waals surface area contributed by atoms with Gasteiger partial charge >= 0.3 is 12.0 Å². The Labute approximate surface area is 125 Å². The van der Waals surface area contributed by atoms with Crippen LogP contribution in [0.25, 0.3) is 0 Å². The van der Waals surface area contributed by atoms with E-state index in [4.69, 9.17) is 33.0 Å². The van der Waals surface area contributed by atoms with Gasteiger partial charge in [0.1, 0.15) is 0 Å². The quantitative estimate of drug-likeness (QED) is 0.877. The Hall–Kier alpha value is -1.50. The maximum absolute atomic E-state index is 12.1. The number of halogens is 2. The lowest BCUT2D eigenvalue weighted by molar-refractivity contribution is -0.154. The largest absolute Gasteiger partial charge is 0.479 e. The van der Waals surface area contributed by atoms with Crippen molar-refractivity contribution in [3.05, 3.63) is 28.2 Å². The first-order valence-corrected chi connectivity index (χ1v) is 6.59. The van der Waals surface area contributed by atoms with E-state index in [1.807, 2.05) is 0 Å². The van der Waals surface area contributed by atoms with Crippen LogP contribution in [0.15, 0.2) is 18.2 Å². The van der Waals surface area contributed by atoms with Gasteiger partial charge in [0.2, 0.25) is 0 Å². The second-order valence-corrected chi connectivity index (χ2v) is 4.96. The molecule has 0 aliphatic carbocycles. The third-order valence-electron chi connectivity index (χ3n) is 2.82. The van der Waals surface area contributed by atoms with Crippen molar-refractivity contribution >= 4 is 40.9 Å². The minimum Gasteiger partial charge on any atom is -0.479 e. The van der Waals surface area contributed by atoms with Crippen molar-refractivity contribution in [3.8, 4) is 0 Å². The summed E-state index contributed by atoms with van der Waals surface area (Å²) >= 11 is 11.8. The summed E-state index contributed by atoms with van der Waals surface area (Å²) in [7, 11) is 0. The van der Waals surface area contributed by atoms with Crippen LogP contribution in [-0.4, -0.2) is 47.8 Å². The fourth-order valence-corrected chi connectivity index (χ4v) is 2.13. The molecule has 1 aromatic rings. The molecular formula is C12H12Cl2N2O4. The van der Waals surface area contributed by atoms with Gasteiger partial charge in [0.05, 0.1) is 28.9 Å². The lowest BCUT2D eigenvalue weighted by Crippen LogP contribution is -2.49. The average Bonchev–Trinajstić information content (AvgIpc) is 2.44. The molecule has 1 heterocycles. The normalized spacial score (nSPS) is 18.7. The molecule has 1 aromatic carbocycles. The zero-order valence-electron chi connectivity index (χ0n) is 10.3. The van der Waals surface area contributed by atoms with Crippen molar-refractivity contribution in [2.45, 2.75) is 6.10 Å². The van der Waals surface area contributed by atoms with Gasteiger partial charge in [0.25, 0.3) is 0 Å². The molecule has 1 aliphatic rings. The van der Waals surface area contributed by atoms with Crippen molar-refractivity contribution in [1.29, 1.82) is 0 Å². The Bertz CT molecular complexity index is 538. The molecule has 1 fully saturated rings. The highest BCUT2D eigenvalue weighted by molar-refractivity contribution is 6.43. The number of benzene rings is 1. The molecule has 0 spiro atoms. The minimum absolute atomic E-state index is 0.0145. The van der Waals surface area contributed by atoms with E-state index in [0.717, 1.165) is 0 Å². The second-order valence-electron chi connectivity index (χ2n) is 4.18. The smallest absolute Gasteiger partial charge is 0.334 e. The van der Waals surface area contributed by atoms with E-state index in [9.17, 15) is 9.59 Å². The van der Waals surface area contributed by atoms with Crippen LogP contribution >= 0.6 is 23.2 Å². The fourth-order valence-electron chi connectivity index (χ4n) is 1.78. The number of urea groups is 1. The number of nitrogens with one attached hydrogen (secondary N) is 1. The summed E-state index contributed by atoms with van der Waals surface area (Å²) in [5.74, 6) is -1.09. The fraction of sp³-hybridized carbons (Fsp3) is 0.333. The van der Waals surface area contributed by atoms with Crippen molar-refractivity contribution in [2.24, 2.45) is 0 Å². The number of nitrogens with zero attached hydrogens (tertiary/aromatic N) is 1. The predicted octanol–water partition coefficient (Wildman–Crippen LogP) is 2.31. The Balaban J connectivity index is 2.04. The molecule has 1 unspecified atom stereocenters. The van der Waals surface area contributed by atoms with E-state index in [1.54, 1.807) is 18.2 Å². The SMILES string of the molecule is O=C(O)C1CN(C(=O)Nc2cccc(Cl)c2Cl)CCO1. The number of hydrogen-bond donors (Lipinski definition) is 2. The lowest BCUT2D eigenvalue weighted by atomic mass is 10.3. The van der Waals surface area contributed by atoms with Gasteiger partial charge in [0, 0.05) is 6.54 Å². The Morgan fingerprint density at radius 1 is 1.40 bits per heavy atom. The first-order chi connectivity index (χ1) is 9.49. The number of aliphatic carboxylic acids is 1. The van der Waals surface area contributed by atoms with Crippen LogP contribution in [0.1, 0.15) is 0 Å². The van der Waals surface area contributed by atoms with E-state index in [0.29, 0.717) is 17.3 Å². The molecule has 2 rings (SSSR count). The Morgan fingerprint density at radius 2 is 2.15 bits per heavy atom. The second kappa shape index (κ2) is 6.30. The first-order valence-electron chi connectivity index (χ1n) is 5.83. The van der Waals surface area contributed by atoms with Crippen LogP contribution in [0.5, 0.6) is 0 Å². The minimum atomic E-state index is -1.09. The standard InChI is InChI=1S/C12H12Cl2N2O4/c13-7-2-1-3-8(10(7)14)15-12(19)16-4-5-20-9(6-16)11(17)18/h1-3,9H,4-6H2,(H,15,19)(H,17,18). The highest BCUT2D eigenvalue weighted by atomic mass is 35.5. The molecular weight excluding hydrogens is 307 g/mol. The highest BCUT2D eigenvalue weighted by Gasteiger charge is 2.29. The molecule has 2 amide bonds. The lowest BCUT2D eigenvalue weighted by Gasteiger charge is -2.30. The van der Waals surface area contributed by atoms with E-state index in [2.05, 4.69) is 5.32 Å². The van der Waals surface area contributed by atoms with E-state index >= 15 is 0 Å². The molecule has 2 N–H and O–H groups in total. The molecule has 0 bridgehead atoms. The van der Waals surface area contributed by atoms with Crippen LogP contribution in [0.3, 0.4) is 0 Å². The molecule has 6 nitrogen and oxygen atoms in total. The van der Waals surface area contributed by atoms with Crippen LogP contribution in [0.4, 0.5) is 10.5 Å². The van der Waals surface area contributed by atoms with Gasteiger partial charge in [-0.2, -0.15) is 0 Å². The van der Waals surface area contributed by atoms with Crippen molar-refractivity contribution in [1.82, 2.24) is 4.90 Å². The summed E-state index contributed by atoms with van der Waals surface area (Å²) in [6.07, 6.45) is -1.01. The van der Waals surface area contributed by atoms with Crippen LogP contribution in [0.2, 0.25) is 10.0 Å². The molecule has 1 saturated heterocycles. The van der Waals surface area contributed by atoms with Crippen molar-refractivity contribution in [2.75, 3.05) is 25.0 Å². The third kappa shape index (κ3) is 3.33. The maximum atomic E-state index is 12.1. The Kier molecular flexibility index (Phi) is 4.69. The topological polar surface area (TPSA) is 78.9 Å². The van der Waals surface area contributed by atoms with Gasteiger partial charge in [-0.15, -0.1) is 0 Å². The number of anilines is 1. The summed E-state index contributed by atoms with van der Waals surface area (Å²) in [6, 6.07) is 4.43. The molecule has 108 valence electrons. The Morgan fingerprint density at radius 3 is 2.85 bits per heavy atom. The van der Waals surface area contributed by atoms with Crippen LogP contribution < -0.4 is 5.32 Å². The third-order valence-corrected chi connectivity index (χ3v) is 3.64. The van der Waals surface area contributed by atoms with Crippen molar-refractivity contribution in [3.63, 3.8) is 0 Å². The number of hydrogen-bond acceptors (Lipinski definition) is 3. The van der Waals surface area contributed by atoms with E-state index in [1.165, 1.54) is 4.90 Å². The van der Waals surface area contributed by atoms with Crippen LogP contribution in [0, 0.1) is 0 Å². The highest BCUT2D eigenvalue weighted by Crippen LogP contribution is 2.29. The number of carbonyl (C=O) groups is 2. The molecule has 1 aliphatic heterocycles. The summed E-state index contributed by atoms with van der Waals surface area (Å²) in [4.78, 5) is 24.3.